The summed E-state index contributed by atoms with van der Waals surface area (Å²) in [4.78, 5) is 4.23. The number of pyridine rings is 1. The van der Waals surface area contributed by atoms with Crippen molar-refractivity contribution in [2.24, 2.45) is 22.7 Å². The molecule has 2 aliphatic rings. The van der Waals surface area contributed by atoms with Crippen molar-refractivity contribution in [2.75, 3.05) is 0 Å². The van der Waals surface area contributed by atoms with E-state index in [0.29, 0.717) is 22.9 Å². The predicted octanol–water partition coefficient (Wildman–Crippen LogP) is 6.75. The van der Waals surface area contributed by atoms with E-state index in [-0.39, 0.29) is 0 Å². The lowest BCUT2D eigenvalue weighted by Gasteiger charge is -2.52. The van der Waals surface area contributed by atoms with Gasteiger partial charge in [0.1, 0.15) is 0 Å². The maximum Gasteiger partial charge on any atom is 0.205 e. The van der Waals surface area contributed by atoms with Crippen molar-refractivity contribution in [3.8, 4) is 0 Å². The number of hydrogen-bond acceptors (Lipinski definition) is 2. The highest BCUT2D eigenvalue weighted by atomic mass is 28.3. The fraction of sp³-hybridized carbons (Fsp3) is 0.708. The van der Waals surface area contributed by atoms with Crippen LogP contribution in [0.5, 0.6) is 0 Å². The minimum absolute atomic E-state index is 0.447. The summed E-state index contributed by atoms with van der Waals surface area (Å²) in [7, 11) is -0.672. The Hall–Kier alpha value is -0.933. The number of allylic oxidation sites excluding steroid dienone is 1. The molecule has 0 bridgehead atoms. The van der Waals surface area contributed by atoms with Crippen molar-refractivity contribution < 1.29 is 4.43 Å². The van der Waals surface area contributed by atoms with E-state index >= 15 is 0 Å². The van der Waals surface area contributed by atoms with Crippen molar-refractivity contribution in [1.82, 2.24) is 4.98 Å². The molecule has 2 nitrogen and oxygen atoms in total. The van der Waals surface area contributed by atoms with E-state index in [1.807, 2.05) is 18.5 Å². The molecule has 2 saturated carbocycles. The maximum atomic E-state index is 6.64. The normalized spacial score (nSPS) is 32.4. The molecule has 2 fully saturated rings. The molecule has 3 heteroatoms. The van der Waals surface area contributed by atoms with Crippen LogP contribution in [0.25, 0.3) is 6.08 Å². The van der Waals surface area contributed by atoms with Crippen LogP contribution >= 0.6 is 0 Å². The summed E-state index contributed by atoms with van der Waals surface area (Å²) in [6, 6.07) is 4.15. The Bertz CT molecular complexity index is 611. The van der Waals surface area contributed by atoms with Gasteiger partial charge in [-0.3, -0.25) is 4.98 Å². The van der Waals surface area contributed by atoms with Crippen LogP contribution in [0, 0.1) is 22.7 Å². The van der Waals surface area contributed by atoms with Crippen molar-refractivity contribution in [3.05, 3.63) is 36.2 Å². The number of aromatic nitrogens is 1. The van der Waals surface area contributed by atoms with Crippen LogP contribution in [0.1, 0.15) is 71.3 Å². The van der Waals surface area contributed by atoms with Crippen molar-refractivity contribution in [2.45, 2.75) is 84.9 Å². The largest absolute Gasteiger partial charge is 0.414 e. The summed E-state index contributed by atoms with van der Waals surface area (Å²) < 4.78 is 6.64. The summed E-state index contributed by atoms with van der Waals surface area (Å²) in [5, 5.41) is 0. The van der Waals surface area contributed by atoms with Crippen LogP contribution in [-0.4, -0.2) is 20.1 Å². The third-order valence-corrected chi connectivity index (χ3v) is 7.80. The quantitative estimate of drug-likeness (QED) is 0.535. The van der Waals surface area contributed by atoms with Gasteiger partial charge in [0.25, 0.3) is 0 Å². The molecule has 2 unspecified atom stereocenters. The first kappa shape index (κ1) is 20.8. The van der Waals surface area contributed by atoms with Gasteiger partial charge < -0.3 is 4.43 Å². The van der Waals surface area contributed by atoms with Gasteiger partial charge in [0.15, 0.2) is 0 Å². The standard InChI is InChI=1S/C24H38NOSi/c1-23(2,3)21-11-14-24(15-12-21)13-10-19(17-22(24)26-27(4)5)8-9-20-7-6-16-25-18-20/h6-9,16,18-19,21-22H,10-15,17H2,1-5H3/b9-8-. The zero-order valence-corrected chi connectivity index (χ0v) is 19.0. The summed E-state index contributed by atoms with van der Waals surface area (Å²) in [6.07, 6.45) is 18.3. The van der Waals surface area contributed by atoms with Gasteiger partial charge in [-0.05, 0) is 92.3 Å². The average molecular weight is 385 g/mol. The molecule has 0 aromatic carbocycles. The molecule has 2 atom stereocenters. The van der Waals surface area contributed by atoms with Crippen LogP contribution in [0.15, 0.2) is 30.6 Å². The lowest BCUT2D eigenvalue weighted by atomic mass is 9.57. The molecule has 1 aromatic rings. The summed E-state index contributed by atoms with van der Waals surface area (Å²) in [5.74, 6) is 1.52. The van der Waals surface area contributed by atoms with Crippen molar-refractivity contribution in [3.63, 3.8) is 0 Å². The minimum atomic E-state index is -0.672. The Morgan fingerprint density at radius 3 is 2.44 bits per heavy atom. The summed E-state index contributed by atoms with van der Waals surface area (Å²) >= 11 is 0. The fourth-order valence-electron chi connectivity index (χ4n) is 5.26. The SMILES string of the molecule is C[Si](C)OC1CC(/C=C\c2cccnc2)CCC12CCC(C(C)(C)C)CC2. The van der Waals surface area contributed by atoms with Crippen molar-refractivity contribution in [1.29, 1.82) is 0 Å². The van der Waals surface area contributed by atoms with Gasteiger partial charge >= 0.3 is 0 Å². The Labute approximate surface area is 168 Å². The van der Waals surface area contributed by atoms with E-state index in [1.54, 1.807) is 0 Å². The second kappa shape index (κ2) is 8.61. The Morgan fingerprint density at radius 2 is 1.85 bits per heavy atom. The summed E-state index contributed by atoms with van der Waals surface area (Å²) in [6.45, 7) is 11.9. The molecule has 1 spiro atoms. The lowest BCUT2D eigenvalue weighted by molar-refractivity contribution is -0.0514. The molecule has 0 saturated heterocycles. The van der Waals surface area contributed by atoms with Gasteiger partial charge in [0.2, 0.25) is 9.04 Å². The molecule has 3 rings (SSSR count). The number of rotatable bonds is 4. The van der Waals surface area contributed by atoms with Gasteiger partial charge in [0.05, 0.1) is 6.10 Å². The number of hydrogen-bond donors (Lipinski definition) is 0. The molecule has 1 heterocycles. The predicted molar refractivity (Wildman–Crippen MR) is 117 cm³/mol. The van der Waals surface area contributed by atoms with E-state index in [0.717, 1.165) is 5.92 Å². The smallest absolute Gasteiger partial charge is 0.205 e. The van der Waals surface area contributed by atoms with E-state index in [2.05, 4.69) is 57.1 Å². The zero-order valence-electron chi connectivity index (χ0n) is 18.0. The van der Waals surface area contributed by atoms with E-state index in [4.69, 9.17) is 4.43 Å². The van der Waals surface area contributed by atoms with Gasteiger partial charge in [-0.1, -0.05) is 39.0 Å². The molecule has 0 aliphatic heterocycles. The van der Waals surface area contributed by atoms with Crippen molar-refractivity contribution >= 4 is 15.1 Å². The first-order valence-electron chi connectivity index (χ1n) is 10.8. The summed E-state index contributed by atoms with van der Waals surface area (Å²) in [5.41, 5.74) is 2.10. The van der Waals surface area contributed by atoms with E-state index in [1.165, 1.54) is 50.5 Å². The highest BCUT2D eigenvalue weighted by molar-refractivity contribution is 6.48. The highest BCUT2D eigenvalue weighted by Gasteiger charge is 2.47. The van der Waals surface area contributed by atoms with E-state index in [9.17, 15) is 0 Å². The molecule has 1 radical (unpaired) electrons. The van der Waals surface area contributed by atoms with Gasteiger partial charge in [-0.25, -0.2) is 0 Å². The maximum absolute atomic E-state index is 6.64. The third kappa shape index (κ3) is 5.32. The molecule has 0 N–H and O–H groups in total. The second-order valence-corrected chi connectivity index (χ2v) is 12.2. The van der Waals surface area contributed by atoms with Crippen LogP contribution in [0.4, 0.5) is 0 Å². The number of nitrogens with zero attached hydrogens (tertiary/aromatic N) is 1. The second-order valence-electron chi connectivity index (χ2n) is 10.2. The molecule has 27 heavy (non-hydrogen) atoms. The molecule has 0 amide bonds. The molecule has 149 valence electrons. The van der Waals surface area contributed by atoms with Crippen LogP contribution in [-0.2, 0) is 4.43 Å². The molecule has 1 aromatic heterocycles. The third-order valence-electron chi connectivity index (χ3n) is 7.04. The monoisotopic (exact) mass is 384 g/mol. The highest BCUT2D eigenvalue weighted by Crippen LogP contribution is 2.54. The van der Waals surface area contributed by atoms with Crippen LogP contribution in [0.3, 0.4) is 0 Å². The molecular formula is C24H38NOSi. The van der Waals surface area contributed by atoms with E-state index < -0.39 is 9.04 Å². The Balaban J connectivity index is 1.67. The fourth-order valence-corrected chi connectivity index (χ4v) is 6.18. The average Bonchev–Trinajstić information content (AvgIpc) is 2.63. The minimum Gasteiger partial charge on any atom is -0.414 e. The Kier molecular flexibility index (Phi) is 6.63. The van der Waals surface area contributed by atoms with Crippen LogP contribution in [0.2, 0.25) is 13.1 Å². The zero-order chi connectivity index (χ0) is 19.5. The molecule has 2 aliphatic carbocycles. The van der Waals surface area contributed by atoms with Gasteiger partial charge in [-0.15, -0.1) is 0 Å². The lowest BCUT2D eigenvalue weighted by Crippen LogP contribution is -2.47. The van der Waals surface area contributed by atoms with Gasteiger partial charge in [0, 0.05) is 12.4 Å². The first-order valence-corrected chi connectivity index (χ1v) is 13.2. The molecular weight excluding hydrogens is 346 g/mol. The first-order chi connectivity index (χ1) is 12.8. The van der Waals surface area contributed by atoms with Crippen LogP contribution < -0.4 is 0 Å². The Morgan fingerprint density at radius 1 is 1.15 bits per heavy atom. The topological polar surface area (TPSA) is 22.1 Å². The van der Waals surface area contributed by atoms with Gasteiger partial charge in [-0.2, -0.15) is 0 Å².